The molecule has 0 radical (unpaired) electrons. The van der Waals surface area contributed by atoms with Gasteiger partial charge in [-0.2, -0.15) is 0 Å². The summed E-state index contributed by atoms with van der Waals surface area (Å²) in [6.07, 6.45) is 0. The second kappa shape index (κ2) is 5.62. The smallest absolute Gasteiger partial charge is 0.270 e. The van der Waals surface area contributed by atoms with Crippen molar-refractivity contribution >= 4 is 32.3 Å². The number of hydrogen-bond acceptors (Lipinski definition) is 6. The van der Waals surface area contributed by atoms with Gasteiger partial charge in [-0.1, -0.05) is 0 Å². The van der Waals surface area contributed by atoms with Crippen molar-refractivity contribution in [1.29, 1.82) is 0 Å². The van der Waals surface area contributed by atoms with E-state index in [2.05, 4.69) is 10.3 Å². The molecule has 1 heterocycles. The molecule has 0 bridgehead atoms. The largest absolute Gasteiger partial charge is 0.383 e. The lowest BCUT2D eigenvalue weighted by Crippen LogP contribution is -2.22. The SMILES string of the molecule is Cc1cc(NCCS(N)(=O)=O)c2cc([N+](=O)[O-])ccc2n1. The number of non-ortho nitro benzene ring substituents is 1. The fraction of sp³-hybridized carbons (Fsp3) is 0.250. The van der Waals surface area contributed by atoms with E-state index in [4.69, 9.17) is 5.14 Å². The number of aromatic nitrogens is 1. The Kier molecular flexibility index (Phi) is 4.05. The first kappa shape index (κ1) is 15.1. The summed E-state index contributed by atoms with van der Waals surface area (Å²) in [7, 11) is -3.57. The van der Waals surface area contributed by atoms with E-state index in [1.165, 1.54) is 12.1 Å². The van der Waals surface area contributed by atoms with Crippen molar-refractivity contribution in [3.05, 3.63) is 40.1 Å². The maximum Gasteiger partial charge on any atom is 0.270 e. The zero-order valence-electron chi connectivity index (χ0n) is 11.2. The summed E-state index contributed by atoms with van der Waals surface area (Å²) in [4.78, 5) is 14.6. The number of pyridine rings is 1. The quantitative estimate of drug-likeness (QED) is 0.629. The maximum absolute atomic E-state index is 10.9. The van der Waals surface area contributed by atoms with Crippen LogP contribution in [0.25, 0.3) is 10.9 Å². The topological polar surface area (TPSA) is 128 Å². The molecule has 0 saturated heterocycles. The van der Waals surface area contributed by atoms with Gasteiger partial charge in [0.05, 0.1) is 16.2 Å². The van der Waals surface area contributed by atoms with E-state index in [1.807, 2.05) is 0 Å². The predicted molar refractivity (Wildman–Crippen MR) is 79.6 cm³/mol. The molecule has 0 aliphatic heterocycles. The molecule has 0 fully saturated rings. The van der Waals surface area contributed by atoms with Crippen LogP contribution in [0.4, 0.5) is 11.4 Å². The monoisotopic (exact) mass is 310 g/mol. The fourth-order valence-electron chi connectivity index (χ4n) is 1.93. The molecule has 3 N–H and O–H groups in total. The zero-order valence-corrected chi connectivity index (χ0v) is 12.1. The first-order valence-corrected chi connectivity index (χ1v) is 7.78. The number of aryl methyl sites for hydroxylation is 1. The standard InChI is InChI=1S/C12H14N4O4S/c1-8-6-12(14-4-5-21(13,19)20)10-7-9(16(17)18)2-3-11(10)15-8/h2-3,6-7H,4-5H2,1H3,(H,14,15)(H2,13,19,20). The van der Waals surface area contributed by atoms with Gasteiger partial charge in [-0.25, -0.2) is 13.6 Å². The van der Waals surface area contributed by atoms with Crippen LogP contribution in [0.2, 0.25) is 0 Å². The van der Waals surface area contributed by atoms with Crippen LogP contribution in [-0.2, 0) is 10.0 Å². The predicted octanol–water partition coefficient (Wildman–Crippen LogP) is 1.15. The van der Waals surface area contributed by atoms with Gasteiger partial charge in [0.2, 0.25) is 10.0 Å². The van der Waals surface area contributed by atoms with Crippen LogP contribution in [0, 0.1) is 17.0 Å². The molecule has 0 aliphatic rings. The number of hydrogen-bond donors (Lipinski definition) is 2. The molecule has 1 aromatic carbocycles. The summed E-state index contributed by atoms with van der Waals surface area (Å²) in [5.41, 5.74) is 1.85. The van der Waals surface area contributed by atoms with Gasteiger partial charge in [0, 0.05) is 35.4 Å². The molecule has 1 aromatic heterocycles. The van der Waals surface area contributed by atoms with Gasteiger partial charge in [-0.05, 0) is 19.1 Å². The maximum atomic E-state index is 10.9. The molecule has 2 aromatic rings. The first-order valence-electron chi connectivity index (χ1n) is 6.06. The van der Waals surface area contributed by atoms with E-state index < -0.39 is 14.9 Å². The molecule has 9 heteroatoms. The van der Waals surface area contributed by atoms with Gasteiger partial charge in [0.1, 0.15) is 0 Å². The third-order valence-electron chi connectivity index (χ3n) is 2.83. The highest BCUT2D eigenvalue weighted by molar-refractivity contribution is 7.89. The van der Waals surface area contributed by atoms with Crippen LogP contribution in [0.5, 0.6) is 0 Å². The van der Waals surface area contributed by atoms with E-state index in [1.54, 1.807) is 19.1 Å². The minimum Gasteiger partial charge on any atom is -0.383 e. The summed E-state index contributed by atoms with van der Waals surface area (Å²) in [5, 5.41) is 19.3. The molecule has 0 atom stereocenters. The third-order valence-corrected chi connectivity index (χ3v) is 3.61. The number of fused-ring (bicyclic) bond motifs is 1. The van der Waals surface area contributed by atoms with Gasteiger partial charge in [-0.15, -0.1) is 0 Å². The number of nitro benzene ring substituents is 1. The minimum absolute atomic E-state index is 0.0531. The number of nitro groups is 1. The van der Waals surface area contributed by atoms with Crippen molar-refractivity contribution in [1.82, 2.24) is 4.98 Å². The van der Waals surface area contributed by atoms with E-state index >= 15 is 0 Å². The Morgan fingerprint density at radius 1 is 1.38 bits per heavy atom. The summed E-state index contributed by atoms with van der Waals surface area (Å²) >= 11 is 0. The number of sulfonamides is 1. The molecule has 0 aliphatic carbocycles. The zero-order chi connectivity index (χ0) is 15.6. The normalized spacial score (nSPS) is 11.5. The molecular weight excluding hydrogens is 296 g/mol. The molecule has 2 rings (SSSR count). The lowest BCUT2D eigenvalue weighted by Gasteiger charge is -2.10. The number of nitrogens with zero attached hydrogens (tertiary/aromatic N) is 2. The minimum atomic E-state index is -3.57. The Labute approximate surface area is 121 Å². The van der Waals surface area contributed by atoms with Crippen molar-refractivity contribution in [2.75, 3.05) is 17.6 Å². The molecular formula is C12H14N4O4S. The van der Waals surface area contributed by atoms with Crippen LogP contribution in [0.1, 0.15) is 5.69 Å². The number of rotatable bonds is 5. The van der Waals surface area contributed by atoms with E-state index in [-0.39, 0.29) is 18.0 Å². The van der Waals surface area contributed by atoms with Gasteiger partial charge in [0.15, 0.2) is 0 Å². The summed E-state index contributed by atoms with van der Waals surface area (Å²) in [6, 6.07) is 6.05. The molecule has 0 amide bonds. The molecule has 8 nitrogen and oxygen atoms in total. The highest BCUT2D eigenvalue weighted by atomic mass is 32.2. The summed E-state index contributed by atoms with van der Waals surface area (Å²) in [6.45, 7) is 1.89. The number of benzene rings is 1. The van der Waals surface area contributed by atoms with Crippen molar-refractivity contribution < 1.29 is 13.3 Å². The van der Waals surface area contributed by atoms with Crippen molar-refractivity contribution in [3.8, 4) is 0 Å². The number of nitrogens with one attached hydrogen (secondary N) is 1. The first-order chi connectivity index (χ1) is 9.76. The number of anilines is 1. The van der Waals surface area contributed by atoms with Crippen molar-refractivity contribution in [3.63, 3.8) is 0 Å². The summed E-state index contributed by atoms with van der Waals surface area (Å²) in [5.74, 6) is -0.231. The van der Waals surface area contributed by atoms with Crippen LogP contribution in [-0.4, -0.2) is 30.6 Å². The Balaban J connectivity index is 2.40. The number of nitrogens with two attached hydrogens (primary N) is 1. The Morgan fingerprint density at radius 2 is 2.10 bits per heavy atom. The average Bonchev–Trinajstić information content (AvgIpc) is 2.36. The van der Waals surface area contributed by atoms with Crippen LogP contribution >= 0.6 is 0 Å². The van der Waals surface area contributed by atoms with E-state index in [0.29, 0.717) is 16.6 Å². The molecule has 21 heavy (non-hydrogen) atoms. The average molecular weight is 310 g/mol. The molecule has 0 unspecified atom stereocenters. The van der Waals surface area contributed by atoms with Crippen molar-refractivity contribution in [2.24, 2.45) is 5.14 Å². The van der Waals surface area contributed by atoms with Crippen molar-refractivity contribution in [2.45, 2.75) is 6.92 Å². The Morgan fingerprint density at radius 3 is 2.71 bits per heavy atom. The Hall–Kier alpha value is -2.26. The Bertz CT molecular complexity index is 804. The van der Waals surface area contributed by atoms with Crippen LogP contribution < -0.4 is 10.5 Å². The highest BCUT2D eigenvalue weighted by Crippen LogP contribution is 2.27. The highest BCUT2D eigenvalue weighted by Gasteiger charge is 2.11. The van der Waals surface area contributed by atoms with Gasteiger partial charge in [-0.3, -0.25) is 15.1 Å². The molecule has 112 valence electrons. The lowest BCUT2D eigenvalue weighted by atomic mass is 10.1. The molecule has 0 saturated carbocycles. The fourth-order valence-corrected chi connectivity index (χ4v) is 2.32. The van der Waals surface area contributed by atoms with Crippen LogP contribution in [0.15, 0.2) is 24.3 Å². The summed E-state index contributed by atoms with van der Waals surface area (Å²) < 4.78 is 21.9. The van der Waals surface area contributed by atoms with E-state index in [9.17, 15) is 18.5 Å². The lowest BCUT2D eigenvalue weighted by molar-refractivity contribution is -0.384. The van der Waals surface area contributed by atoms with E-state index in [0.717, 1.165) is 5.69 Å². The third kappa shape index (κ3) is 3.86. The number of primary sulfonamides is 1. The van der Waals surface area contributed by atoms with Crippen LogP contribution in [0.3, 0.4) is 0 Å². The molecule has 0 spiro atoms. The van der Waals surface area contributed by atoms with Gasteiger partial charge < -0.3 is 5.32 Å². The van der Waals surface area contributed by atoms with Gasteiger partial charge in [0.25, 0.3) is 5.69 Å². The van der Waals surface area contributed by atoms with Gasteiger partial charge >= 0.3 is 0 Å². The second-order valence-corrected chi connectivity index (χ2v) is 6.30. The second-order valence-electron chi connectivity index (χ2n) is 4.56.